The Kier molecular flexibility index (Phi) is 4.14. The van der Waals surface area contributed by atoms with Gasteiger partial charge in [-0.15, -0.1) is 0 Å². The summed E-state index contributed by atoms with van der Waals surface area (Å²) in [7, 11) is 0. The predicted molar refractivity (Wildman–Crippen MR) is 106 cm³/mol. The first-order valence-electron chi connectivity index (χ1n) is 9.28. The van der Waals surface area contributed by atoms with Crippen molar-refractivity contribution in [1.29, 1.82) is 0 Å². The number of ether oxygens (including phenoxy) is 1. The van der Waals surface area contributed by atoms with Gasteiger partial charge in [0.05, 0.1) is 5.56 Å². The molecule has 2 aromatic carbocycles. The van der Waals surface area contributed by atoms with Crippen molar-refractivity contribution in [3.05, 3.63) is 94.6 Å². The number of nitrogens with zero attached hydrogens (tertiary/aromatic N) is 1. The highest BCUT2D eigenvalue weighted by atomic mass is 16.5. The summed E-state index contributed by atoms with van der Waals surface area (Å²) in [6, 6.07) is 19.5. The molecule has 4 aromatic rings. The van der Waals surface area contributed by atoms with E-state index in [4.69, 9.17) is 9.15 Å². The van der Waals surface area contributed by atoms with E-state index in [-0.39, 0.29) is 5.63 Å². The second-order valence-corrected chi connectivity index (χ2v) is 7.01. The molecule has 2 aromatic heterocycles. The van der Waals surface area contributed by atoms with Crippen molar-refractivity contribution in [2.24, 2.45) is 0 Å². The zero-order valence-electron chi connectivity index (χ0n) is 15.2. The summed E-state index contributed by atoms with van der Waals surface area (Å²) >= 11 is 0. The molecule has 28 heavy (non-hydrogen) atoms. The summed E-state index contributed by atoms with van der Waals surface area (Å²) in [5.74, 6) is 0.791. The zero-order valence-corrected chi connectivity index (χ0v) is 15.2. The molecule has 0 radical (unpaired) electrons. The lowest BCUT2D eigenvalue weighted by Gasteiger charge is -2.26. The second-order valence-electron chi connectivity index (χ2n) is 7.01. The molecule has 0 saturated carbocycles. The van der Waals surface area contributed by atoms with Crippen LogP contribution in [0.2, 0.25) is 0 Å². The summed E-state index contributed by atoms with van der Waals surface area (Å²) in [4.78, 5) is 17.6. The smallest absolute Gasteiger partial charge is 0.336 e. The molecule has 5 heteroatoms. The Morgan fingerprint density at radius 3 is 2.64 bits per heavy atom. The van der Waals surface area contributed by atoms with Crippen molar-refractivity contribution in [3.63, 3.8) is 0 Å². The fraction of sp³-hybridized carbons (Fsp3) is 0.130. The van der Waals surface area contributed by atoms with Crippen LogP contribution >= 0.6 is 0 Å². The highest BCUT2D eigenvalue weighted by molar-refractivity contribution is 5.95. The Hall–Kier alpha value is -3.44. The Morgan fingerprint density at radius 2 is 1.82 bits per heavy atom. The number of hydrogen-bond acceptors (Lipinski definition) is 4. The summed E-state index contributed by atoms with van der Waals surface area (Å²) in [6.45, 7) is 2.13. The predicted octanol–water partition coefficient (Wildman–Crippen LogP) is 2.79. The van der Waals surface area contributed by atoms with Gasteiger partial charge in [-0.1, -0.05) is 30.3 Å². The third-order valence-electron chi connectivity index (χ3n) is 5.12. The first kappa shape index (κ1) is 16.7. The van der Waals surface area contributed by atoms with Crippen LogP contribution in [0.25, 0.3) is 22.1 Å². The van der Waals surface area contributed by atoms with Gasteiger partial charge >= 0.3 is 5.63 Å². The number of benzene rings is 2. The average molecular weight is 371 g/mol. The number of nitrogens with one attached hydrogen (secondary N) is 1. The molecule has 138 valence electrons. The van der Waals surface area contributed by atoms with Gasteiger partial charge in [-0.25, -0.2) is 4.79 Å². The van der Waals surface area contributed by atoms with Crippen molar-refractivity contribution in [3.8, 4) is 16.9 Å². The lowest BCUT2D eigenvalue weighted by molar-refractivity contribution is -0.945. The number of rotatable bonds is 3. The lowest BCUT2D eigenvalue weighted by Crippen LogP contribution is -3.10. The molecule has 3 heterocycles. The van der Waals surface area contributed by atoms with Gasteiger partial charge in [0.2, 0.25) is 6.73 Å². The van der Waals surface area contributed by atoms with E-state index in [2.05, 4.69) is 4.98 Å². The van der Waals surface area contributed by atoms with Gasteiger partial charge in [0, 0.05) is 29.4 Å². The van der Waals surface area contributed by atoms with Gasteiger partial charge in [0.25, 0.3) is 0 Å². The van der Waals surface area contributed by atoms with Crippen LogP contribution in [0.4, 0.5) is 0 Å². The number of pyridine rings is 1. The van der Waals surface area contributed by atoms with Crippen molar-refractivity contribution in [2.75, 3.05) is 6.73 Å². The van der Waals surface area contributed by atoms with Gasteiger partial charge < -0.3 is 9.15 Å². The van der Waals surface area contributed by atoms with Crippen molar-refractivity contribution >= 4 is 11.0 Å². The summed E-state index contributed by atoms with van der Waals surface area (Å²) in [6.07, 6.45) is 3.60. The van der Waals surface area contributed by atoms with Crippen LogP contribution in [0.15, 0.2) is 82.3 Å². The Bertz CT molecular complexity index is 1190. The van der Waals surface area contributed by atoms with E-state index in [1.165, 1.54) is 10.5 Å². The third kappa shape index (κ3) is 3.06. The SMILES string of the molecule is O=c1cc(-c2ccccc2)c2ccc3c(c2o1)C[NH+](Cc1ccncc1)CO3. The second kappa shape index (κ2) is 6.94. The van der Waals surface area contributed by atoms with Crippen LogP contribution in [-0.2, 0) is 13.1 Å². The highest BCUT2D eigenvalue weighted by Gasteiger charge is 2.25. The van der Waals surface area contributed by atoms with Crippen LogP contribution in [0, 0.1) is 0 Å². The van der Waals surface area contributed by atoms with E-state index in [0.29, 0.717) is 12.3 Å². The van der Waals surface area contributed by atoms with Crippen molar-refractivity contribution < 1.29 is 14.1 Å². The van der Waals surface area contributed by atoms with Crippen LogP contribution < -0.4 is 15.3 Å². The molecule has 5 nitrogen and oxygen atoms in total. The molecule has 1 aliphatic rings. The normalized spacial score (nSPS) is 15.8. The molecular weight excluding hydrogens is 352 g/mol. The topological polar surface area (TPSA) is 56.8 Å². The van der Waals surface area contributed by atoms with Crippen LogP contribution in [0.1, 0.15) is 11.1 Å². The van der Waals surface area contributed by atoms with E-state index in [1.807, 2.05) is 54.6 Å². The number of fused-ring (bicyclic) bond motifs is 3. The molecule has 5 rings (SSSR count). The highest BCUT2D eigenvalue weighted by Crippen LogP contribution is 2.33. The fourth-order valence-electron chi connectivity index (χ4n) is 3.81. The maximum Gasteiger partial charge on any atom is 0.336 e. The monoisotopic (exact) mass is 371 g/mol. The summed E-state index contributed by atoms with van der Waals surface area (Å²) < 4.78 is 11.6. The molecular formula is C23H19N2O3+. The van der Waals surface area contributed by atoms with Crippen molar-refractivity contribution in [1.82, 2.24) is 4.98 Å². The van der Waals surface area contributed by atoms with E-state index < -0.39 is 0 Å². The minimum Gasteiger partial charge on any atom is -0.445 e. The third-order valence-corrected chi connectivity index (χ3v) is 5.12. The maximum absolute atomic E-state index is 12.3. The molecule has 0 saturated heterocycles. The zero-order chi connectivity index (χ0) is 18.9. The number of aromatic nitrogens is 1. The first-order valence-corrected chi connectivity index (χ1v) is 9.28. The standard InChI is InChI=1S/C23H18N2O3/c26-22-12-19(17-4-2-1-3-5-17)18-6-7-21-20(23(18)28-22)14-25(15-27-21)13-16-8-10-24-11-9-16/h1-12H,13-15H2/p+1. The Balaban J connectivity index is 1.59. The van der Waals surface area contributed by atoms with E-state index in [9.17, 15) is 4.79 Å². The summed E-state index contributed by atoms with van der Waals surface area (Å²) in [5.41, 5.74) is 4.30. The van der Waals surface area contributed by atoms with E-state index in [1.54, 1.807) is 18.5 Å². The van der Waals surface area contributed by atoms with Crippen LogP contribution in [-0.4, -0.2) is 11.7 Å². The average Bonchev–Trinajstić information content (AvgIpc) is 2.74. The first-order chi connectivity index (χ1) is 13.8. The lowest BCUT2D eigenvalue weighted by atomic mass is 9.99. The fourth-order valence-corrected chi connectivity index (χ4v) is 3.81. The minimum atomic E-state index is -0.346. The van der Waals surface area contributed by atoms with Gasteiger partial charge in [0.15, 0.2) is 5.58 Å². The van der Waals surface area contributed by atoms with E-state index in [0.717, 1.165) is 40.9 Å². The van der Waals surface area contributed by atoms with Crippen LogP contribution in [0.3, 0.4) is 0 Å². The molecule has 0 bridgehead atoms. The quantitative estimate of drug-likeness (QED) is 0.563. The molecule has 0 spiro atoms. The Morgan fingerprint density at radius 1 is 1.00 bits per heavy atom. The van der Waals surface area contributed by atoms with E-state index >= 15 is 0 Å². The van der Waals surface area contributed by atoms with Gasteiger partial charge in [0.1, 0.15) is 18.8 Å². The van der Waals surface area contributed by atoms with Gasteiger partial charge in [-0.3, -0.25) is 9.88 Å². The molecule has 0 aliphatic carbocycles. The maximum atomic E-state index is 12.3. The molecule has 0 amide bonds. The van der Waals surface area contributed by atoms with Gasteiger partial charge in [-0.2, -0.15) is 0 Å². The molecule has 1 N–H and O–H groups in total. The minimum absolute atomic E-state index is 0.346. The van der Waals surface area contributed by atoms with Crippen LogP contribution in [0.5, 0.6) is 5.75 Å². The molecule has 1 aliphatic heterocycles. The molecule has 1 atom stereocenters. The molecule has 1 unspecified atom stereocenters. The molecule has 0 fully saturated rings. The van der Waals surface area contributed by atoms with Crippen molar-refractivity contribution in [2.45, 2.75) is 13.1 Å². The van der Waals surface area contributed by atoms with Gasteiger partial charge in [-0.05, 0) is 35.4 Å². The summed E-state index contributed by atoms with van der Waals surface area (Å²) in [5, 5.41) is 0.929. The largest absolute Gasteiger partial charge is 0.445 e. The number of hydrogen-bond donors (Lipinski definition) is 1. The number of quaternary nitrogens is 1. The Labute approximate surface area is 161 Å².